The van der Waals surface area contributed by atoms with E-state index in [0.717, 1.165) is 25.7 Å². The van der Waals surface area contributed by atoms with Gasteiger partial charge in [-0.25, -0.2) is 0 Å². The highest BCUT2D eigenvalue weighted by Crippen LogP contribution is 2.44. The first kappa shape index (κ1) is 18.2. The lowest BCUT2D eigenvalue weighted by Gasteiger charge is -2.31. The topological polar surface area (TPSA) is 84.2 Å². The number of aromatic hydroxyl groups is 1. The van der Waals surface area contributed by atoms with E-state index in [1.807, 2.05) is 12.1 Å². The number of fused-ring (bicyclic) bond motifs is 1. The minimum absolute atomic E-state index is 0.157. The van der Waals surface area contributed by atoms with Crippen molar-refractivity contribution in [2.75, 3.05) is 7.05 Å². The summed E-state index contributed by atoms with van der Waals surface area (Å²) in [5, 5.41) is 19.1. The molecule has 1 aliphatic carbocycles. The highest BCUT2D eigenvalue weighted by atomic mass is 16.3. The Morgan fingerprint density at radius 1 is 1.18 bits per heavy atom. The smallest absolute Gasteiger partial charge is 0.275 e. The number of nitrogens with zero attached hydrogens (tertiary/aromatic N) is 2. The molecular formula is C22H23N3O3. The van der Waals surface area contributed by atoms with E-state index in [-0.39, 0.29) is 11.1 Å². The minimum Gasteiger partial charge on any atom is -0.503 e. The molecule has 1 amide bonds. The molecule has 0 radical (unpaired) electrons. The Balaban J connectivity index is 1.83. The van der Waals surface area contributed by atoms with Crippen LogP contribution in [0.5, 0.6) is 5.75 Å². The van der Waals surface area contributed by atoms with E-state index >= 15 is 0 Å². The van der Waals surface area contributed by atoms with Gasteiger partial charge in [0.05, 0.1) is 12.7 Å². The molecule has 0 saturated heterocycles. The molecule has 4 rings (SSSR count). The fraction of sp³-hybridized carbons (Fsp3) is 0.318. The summed E-state index contributed by atoms with van der Waals surface area (Å²) in [5.74, 6) is -1.06. The Labute approximate surface area is 162 Å². The normalized spacial score (nSPS) is 15.6. The van der Waals surface area contributed by atoms with Gasteiger partial charge in [-0.15, -0.1) is 0 Å². The van der Waals surface area contributed by atoms with E-state index in [1.54, 1.807) is 4.68 Å². The average Bonchev–Trinajstić information content (AvgIpc) is 3.19. The zero-order valence-electron chi connectivity index (χ0n) is 15.8. The number of carbonyl (C=O) groups is 1. The fourth-order valence-corrected chi connectivity index (χ4v) is 4.43. The Hall–Kier alpha value is -3.15. The molecule has 0 bridgehead atoms. The summed E-state index contributed by atoms with van der Waals surface area (Å²) in [6.07, 6.45) is 5.53. The van der Waals surface area contributed by atoms with Crippen molar-refractivity contribution < 1.29 is 9.90 Å². The van der Waals surface area contributed by atoms with Crippen LogP contribution in [-0.2, 0) is 12.0 Å². The van der Waals surface area contributed by atoms with Crippen molar-refractivity contribution in [2.24, 2.45) is 0 Å². The van der Waals surface area contributed by atoms with E-state index in [2.05, 4.69) is 40.7 Å². The summed E-state index contributed by atoms with van der Waals surface area (Å²) in [4.78, 5) is 24.1. The van der Waals surface area contributed by atoms with Crippen molar-refractivity contribution in [3.63, 3.8) is 0 Å². The van der Waals surface area contributed by atoms with Crippen LogP contribution in [0.2, 0.25) is 0 Å². The number of benzene rings is 2. The molecule has 6 heteroatoms. The fourth-order valence-electron chi connectivity index (χ4n) is 4.43. The number of amides is 1. The largest absolute Gasteiger partial charge is 0.503 e. The number of hydrogen-bond acceptors (Lipinski definition) is 4. The van der Waals surface area contributed by atoms with Crippen molar-refractivity contribution in [1.29, 1.82) is 0 Å². The first-order valence-electron chi connectivity index (χ1n) is 9.55. The molecule has 6 nitrogen and oxygen atoms in total. The molecule has 2 aromatic carbocycles. The maximum absolute atomic E-state index is 12.1. The summed E-state index contributed by atoms with van der Waals surface area (Å²) in [6.45, 7) is 0.499. The SMILES string of the molecule is CNC(=O)c1nn(CC2(c3cccc4ccccc34)CCCC2)cc(O)c1=O. The van der Waals surface area contributed by atoms with Gasteiger partial charge in [0.15, 0.2) is 11.4 Å². The summed E-state index contributed by atoms with van der Waals surface area (Å²) in [5.41, 5.74) is 0.0642. The maximum Gasteiger partial charge on any atom is 0.275 e. The third-order valence-corrected chi connectivity index (χ3v) is 5.78. The summed E-state index contributed by atoms with van der Waals surface area (Å²) >= 11 is 0. The van der Waals surface area contributed by atoms with Crippen LogP contribution in [0, 0.1) is 0 Å². The van der Waals surface area contributed by atoms with Crippen LogP contribution in [0.25, 0.3) is 10.8 Å². The monoisotopic (exact) mass is 377 g/mol. The molecule has 1 aliphatic rings. The number of rotatable bonds is 4. The van der Waals surface area contributed by atoms with Gasteiger partial charge >= 0.3 is 0 Å². The van der Waals surface area contributed by atoms with Crippen LogP contribution in [0.4, 0.5) is 0 Å². The number of hydrogen-bond donors (Lipinski definition) is 2. The molecule has 0 spiro atoms. The summed E-state index contributed by atoms with van der Waals surface area (Å²) in [7, 11) is 1.44. The predicted molar refractivity (Wildman–Crippen MR) is 108 cm³/mol. The summed E-state index contributed by atoms with van der Waals surface area (Å²) < 4.78 is 1.55. The van der Waals surface area contributed by atoms with Gasteiger partial charge < -0.3 is 10.4 Å². The Morgan fingerprint density at radius 3 is 2.64 bits per heavy atom. The quantitative estimate of drug-likeness (QED) is 0.732. The predicted octanol–water partition coefficient (Wildman–Crippen LogP) is 2.97. The van der Waals surface area contributed by atoms with Gasteiger partial charge in [0.2, 0.25) is 0 Å². The van der Waals surface area contributed by atoms with Crippen LogP contribution < -0.4 is 10.7 Å². The third-order valence-electron chi connectivity index (χ3n) is 5.78. The molecular weight excluding hydrogens is 354 g/mol. The zero-order chi connectivity index (χ0) is 19.7. The lowest BCUT2D eigenvalue weighted by Crippen LogP contribution is -2.33. The molecule has 0 aliphatic heterocycles. The maximum atomic E-state index is 12.1. The Morgan fingerprint density at radius 2 is 1.89 bits per heavy atom. The molecule has 28 heavy (non-hydrogen) atoms. The minimum atomic E-state index is -0.749. The highest BCUT2D eigenvalue weighted by molar-refractivity contribution is 5.92. The molecule has 1 aromatic heterocycles. The van der Waals surface area contributed by atoms with Crippen LogP contribution in [0.15, 0.2) is 53.5 Å². The van der Waals surface area contributed by atoms with Crippen LogP contribution in [0.1, 0.15) is 41.7 Å². The van der Waals surface area contributed by atoms with Gasteiger partial charge in [-0.2, -0.15) is 5.10 Å². The lowest BCUT2D eigenvalue weighted by molar-refractivity contribution is 0.0953. The summed E-state index contributed by atoms with van der Waals surface area (Å²) in [6, 6.07) is 14.7. The molecule has 1 fully saturated rings. The van der Waals surface area contributed by atoms with E-state index < -0.39 is 17.1 Å². The van der Waals surface area contributed by atoms with E-state index in [4.69, 9.17) is 0 Å². The van der Waals surface area contributed by atoms with E-state index in [9.17, 15) is 14.7 Å². The number of carbonyl (C=O) groups excluding carboxylic acids is 1. The molecule has 1 heterocycles. The van der Waals surface area contributed by atoms with Crippen molar-refractivity contribution in [3.8, 4) is 5.75 Å². The van der Waals surface area contributed by atoms with Gasteiger partial charge in [0, 0.05) is 12.5 Å². The van der Waals surface area contributed by atoms with E-state index in [0.29, 0.717) is 6.54 Å². The van der Waals surface area contributed by atoms with Gasteiger partial charge in [-0.05, 0) is 29.2 Å². The van der Waals surface area contributed by atoms with Crippen molar-refractivity contribution in [1.82, 2.24) is 15.1 Å². The van der Waals surface area contributed by atoms with Gasteiger partial charge in [-0.3, -0.25) is 14.3 Å². The Bertz CT molecular complexity index is 1090. The van der Waals surface area contributed by atoms with Crippen molar-refractivity contribution in [3.05, 3.63) is 70.1 Å². The molecule has 144 valence electrons. The van der Waals surface area contributed by atoms with Crippen LogP contribution in [-0.4, -0.2) is 27.8 Å². The second-order valence-corrected chi connectivity index (χ2v) is 7.48. The first-order valence-corrected chi connectivity index (χ1v) is 9.55. The lowest BCUT2D eigenvalue weighted by atomic mass is 9.76. The molecule has 3 aromatic rings. The second-order valence-electron chi connectivity index (χ2n) is 7.48. The Kier molecular flexibility index (Phi) is 4.63. The van der Waals surface area contributed by atoms with Gasteiger partial charge in [-0.1, -0.05) is 55.3 Å². The second kappa shape index (κ2) is 7.11. The zero-order valence-corrected chi connectivity index (χ0v) is 15.8. The number of nitrogens with one attached hydrogen (secondary N) is 1. The third kappa shape index (κ3) is 3.05. The van der Waals surface area contributed by atoms with Crippen molar-refractivity contribution in [2.45, 2.75) is 37.6 Å². The van der Waals surface area contributed by atoms with Crippen LogP contribution in [0.3, 0.4) is 0 Å². The molecule has 0 unspecified atom stereocenters. The molecule has 2 N–H and O–H groups in total. The number of aromatic nitrogens is 2. The van der Waals surface area contributed by atoms with Gasteiger partial charge in [0.1, 0.15) is 0 Å². The first-order chi connectivity index (χ1) is 13.5. The highest BCUT2D eigenvalue weighted by Gasteiger charge is 2.37. The standard InChI is InChI=1S/C22H23N3O3/c1-23-21(28)19-20(27)18(26)13-25(24-19)14-22(11-4-5-12-22)17-10-6-8-15-7-2-3-9-16(15)17/h2-3,6-10,13,26H,4-5,11-12,14H2,1H3,(H,23,28). The molecule has 0 atom stereocenters. The average molecular weight is 377 g/mol. The van der Waals surface area contributed by atoms with Gasteiger partial charge in [0.25, 0.3) is 11.3 Å². The van der Waals surface area contributed by atoms with Crippen LogP contribution >= 0.6 is 0 Å². The molecule has 1 saturated carbocycles. The van der Waals surface area contributed by atoms with E-state index in [1.165, 1.54) is 29.6 Å². The van der Waals surface area contributed by atoms with Crippen molar-refractivity contribution >= 4 is 16.7 Å².